The van der Waals surface area contributed by atoms with Crippen LogP contribution in [0.4, 0.5) is 0 Å². The Morgan fingerprint density at radius 1 is 1.11 bits per heavy atom. The molecule has 2 unspecified atom stereocenters. The van der Waals surface area contributed by atoms with E-state index in [9.17, 15) is 0 Å². The van der Waals surface area contributed by atoms with E-state index in [4.69, 9.17) is 1.41 Å². The average Bonchev–Trinajstić information content (AvgIpc) is 2.42. The topological polar surface area (TPSA) is 9.23 Å². The summed E-state index contributed by atoms with van der Waals surface area (Å²) >= 11 is -0.871. The maximum absolute atomic E-state index is 6.15. The molecule has 1 aromatic rings. The van der Waals surface area contributed by atoms with E-state index in [0.717, 1.165) is 32.8 Å². The first-order valence-electron chi connectivity index (χ1n) is 7.61. The molecular weight excluding hydrogens is 446 g/mol. The minimum absolute atomic E-state index is 0.724. The van der Waals surface area contributed by atoms with Gasteiger partial charge in [0.15, 0.2) is 0 Å². The summed E-state index contributed by atoms with van der Waals surface area (Å²) in [7, 11) is 0. The summed E-state index contributed by atoms with van der Waals surface area (Å²) in [4.78, 5) is 0. The summed E-state index contributed by atoms with van der Waals surface area (Å²) in [5, 5.41) is 0. The van der Waals surface area contributed by atoms with E-state index in [1.807, 2.05) is 0 Å². The minimum atomic E-state index is -1.87. The standard InChI is InChI=1S/C10H13.C6H13.O.2Sn.2H/c1-9(2)8-10-6-4-3-5-7-10;1-3-5-6-4-2;;;;;/h3-9H,1-2H3;1,3-6H2,2H3;;;;;. The Morgan fingerprint density at radius 3 is 2.32 bits per heavy atom. The van der Waals surface area contributed by atoms with E-state index in [1.165, 1.54) is 35.7 Å². The van der Waals surface area contributed by atoms with Crippen molar-refractivity contribution < 1.29 is 1.41 Å². The van der Waals surface area contributed by atoms with Crippen molar-refractivity contribution >= 4 is 43.1 Å². The molecule has 1 rings (SSSR count). The first-order chi connectivity index (χ1) is 9.20. The molecule has 106 valence electrons. The molecule has 0 aromatic heterocycles. The second kappa shape index (κ2) is 10.5. The molecule has 0 spiro atoms. The fourth-order valence-corrected chi connectivity index (χ4v) is 16.8. The van der Waals surface area contributed by atoms with E-state index in [1.54, 1.807) is 0 Å². The summed E-state index contributed by atoms with van der Waals surface area (Å²) in [6.45, 7) is 7.02. The second-order valence-corrected chi connectivity index (χ2v) is 18.5. The van der Waals surface area contributed by atoms with Crippen LogP contribution in [0.15, 0.2) is 30.3 Å². The van der Waals surface area contributed by atoms with Crippen LogP contribution in [0.25, 0.3) is 0 Å². The van der Waals surface area contributed by atoms with Crippen molar-refractivity contribution in [3.63, 3.8) is 0 Å². The summed E-state index contributed by atoms with van der Waals surface area (Å²) in [6, 6.07) is 11.1. The number of benzene rings is 1. The predicted molar refractivity (Wildman–Crippen MR) is 88.4 cm³/mol. The average molecular weight is 474 g/mol. The molecule has 3 heteroatoms. The van der Waals surface area contributed by atoms with Gasteiger partial charge in [-0.3, -0.25) is 0 Å². The molecule has 0 saturated carbocycles. The van der Waals surface area contributed by atoms with E-state index in [2.05, 4.69) is 51.1 Å². The van der Waals surface area contributed by atoms with Gasteiger partial charge in [-0.2, -0.15) is 0 Å². The van der Waals surface area contributed by atoms with Gasteiger partial charge in [0.05, 0.1) is 0 Å². The van der Waals surface area contributed by atoms with Crippen LogP contribution in [-0.2, 0) is 1.41 Å². The molecule has 0 saturated heterocycles. The number of rotatable bonds is 9. The van der Waals surface area contributed by atoms with Gasteiger partial charge in [0.1, 0.15) is 0 Å². The fourth-order valence-electron chi connectivity index (χ4n) is 2.81. The van der Waals surface area contributed by atoms with Crippen LogP contribution < -0.4 is 0 Å². The van der Waals surface area contributed by atoms with Crippen LogP contribution in [0, 0.1) is 5.92 Å². The van der Waals surface area contributed by atoms with Crippen molar-refractivity contribution in [2.75, 3.05) is 0 Å². The van der Waals surface area contributed by atoms with Gasteiger partial charge in [0.25, 0.3) is 0 Å². The molecule has 0 bridgehead atoms. The zero-order valence-corrected chi connectivity index (χ0v) is 19.2. The molecule has 0 aliphatic heterocycles. The van der Waals surface area contributed by atoms with Crippen LogP contribution in [0.3, 0.4) is 0 Å². The quantitative estimate of drug-likeness (QED) is 0.388. The van der Waals surface area contributed by atoms with Gasteiger partial charge in [-0.25, -0.2) is 0 Å². The summed E-state index contributed by atoms with van der Waals surface area (Å²) < 4.78 is 8.32. The number of unbranched alkanes of at least 4 members (excludes halogenated alkanes) is 3. The monoisotopic (exact) mass is 476 g/mol. The predicted octanol–water partition coefficient (Wildman–Crippen LogP) is 4.10. The van der Waals surface area contributed by atoms with Crippen molar-refractivity contribution in [3.8, 4) is 0 Å². The third-order valence-electron chi connectivity index (χ3n) is 3.82. The Kier molecular flexibility index (Phi) is 9.85. The van der Waals surface area contributed by atoms with E-state index in [-0.39, 0.29) is 0 Å². The van der Waals surface area contributed by atoms with Crippen LogP contribution in [-0.4, -0.2) is 43.1 Å². The summed E-state index contributed by atoms with van der Waals surface area (Å²) in [5.74, 6) is 0.724. The molecule has 0 aliphatic rings. The SMILES string of the molecule is CCCCC[CH2][SnH]([O][SnH])[CH](c1ccccc1)C(C)C. The summed E-state index contributed by atoms with van der Waals surface area (Å²) in [6.07, 6.45) is 5.50. The molecule has 0 fully saturated rings. The molecule has 1 nitrogen and oxygen atoms in total. The van der Waals surface area contributed by atoms with Gasteiger partial charge >= 0.3 is 141 Å². The van der Waals surface area contributed by atoms with E-state index >= 15 is 0 Å². The van der Waals surface area contributed by atoms with Crippen LogP contribution >= 0.6 is 0 Å². The molecule has 0 heterocycles. The zero-order chi connectivity index (χ0) is 14.1. The van der Waals surface area contributed by atoms with Crippen LogP contribution in [0.5, 0.6) is 0 Å². The van der Waals surface area contributed by atoms with E-state index in [0.29, 0.717) is 0 Å². The third kappa shape index (κ3) is 6.38. The van der Waals surface area contributed by atoms with Crippen molar-refractivity contribution in [1.29, 1.82) is 0 Å². The Morgan fingerprint density at radius 2 is 1.79 bits per heavy atom. The molecule has 0 amide bonds. The Hall–Kier alpha value is 0.777. The van der Waals surface area contributed by atoms with Gasteiger partial charge in [-0.1, -0.05) is 0 Å². The van der Waals surface area contributed by atoms with Gasteiger partial charge in [-0.15, -0.1) is 0 Å². The second-order valence-electron chi connectivity index (χ2n) is 5.70. The molecule has 19 heavy (non-hydrogen) atoms. The molecule has 0 N–H and O–H groups in total. The molecule has 2 atom stereocenters. The normalized spacial score (nSPS) is 14.6. The molecule has 2 radical (unpaired) electrons. The van der Waals surface area contributed by atoms with Crippen molar-refractivity contribution in [1.82, 2.24) is 0 Å². The maximum atomic E-state index is 6.15. The molecule has 0 aliphatic carbocycles. The Labute approximate surface area is 140 Å². The van der Waals surface area contributed by atoms with Gasteiger partial charge in [0.2, 0.25) is 0 Å². The number of hydrogen-bond donors (Lipinski definition) is 0. The third-order valence-corrected chi connectivity index (χ3v) is 19.9. The van der Waals surface area contributed by atoms with Crippen molar-refractivity contribution in [2.45, 2.75) is 54.8 Å². The Balaban J connectivity index is 2.67. The summed E-state index contributed by atoms with van der Waals surface area (Å²) in [5.41, 5.74) is 1.53. The first-order valence-corrected chi connectivity index (χ1v) is 14.5. The van der Waals surface area contributed by atoms with Gasteiger partial charge in [-0.05, 0) is 0 Å². The van der Waals surface area contributed by atoms with Crippen LogP contribution in [0.2, 0.25) is 4.44 Å². The van der Waals surface area contributed by atoms with Gasteiger partial charge in [0, 0.05) is 0 Å². The molecule has 1 aromatic carbocycles. The zero-order valence-electron chi connectivity index (χ0n) is 12.6. The fraction of sp³-hybridized carbons (Fsp3) is 0.625. The first kappa shape index (κ1) is 17.8. The van der Waals surface area contributed by atoms with Crippen molar-refractivity contribution in [2.24, 2.45) is 5.92 Å². The van der Waals surface area contributed by atoms with Crippen molar-refractivity contribution in [3.05, 3.63) is 35.9 Å². The van der Waals surface area contributed by atoms with E-state index < -0.39 is 20.2 Å². The molecular formula is C16H28OSn2. The van der Waals surface area contributed by atoms with Crippen LogP contribution in [0.1, 0.15) is 56.0 Å². The Bertz CT molecular complexity index is 327. The number of hydrogen-bond acceptors (Lipinski definition) is 1. The van der Waals surface area contributed by atoms with Gasteiger partial charge < -0.3 is 0 Å².